The number of carbonyl (C=O) groups excluding carboxylic acids is 5. The third-order valence-electron chi connectivity index (χ3n) is 9.03. The number of pyridine rings is 1. The van der Waals surface area contributed by atoms with Gasteiger partial charge in [0.1, 0.15) is 12.6 Å². The van der Waals surface area contributed by atoms with E-state index in [1.54, 1.807) is 38.1 Å². The predicted octanol–water partition coefficient (Wildman–Crippen LogP) is 3.32. The zero-order valence-corrected chi connectivity index (χ0v) is 29.9. The van der Waals surface area contributed by atoms with E-state index in [0.29, 0.717) is 56.8 Å². The monoisotopic (exact) mass is 713 g/mol. The zero-order valence-electron chi connectivity index (χ0n) is 29.9. The molecule has 1 atom stereocenters. The van der Waals surface area contributed by atoms with Crippen molar-refractivity contribution in [2.75, 3.05) is 59.0 Å². The lowest BCUT2D eigenvalue weighted by Crippen LogP contribution is -2.50. The number of esters is 3. The molecule has 52 heavy (non-hydrogen) atoms. The molecule has 2 aromatic carbocycles. The van der Waals surface area contributed by atoms with Crippen LogP contribution in [0.25, 0.3) is 0 Å². The molecule has 3 heterocycles. The molecule has 276 valence electrons. The van der Waals surface area contributed by atoms with Crippen molar-refractivity contribution in [2.45, 2.75) is 52.4 Å². The number of imide groups is 1. The van der Waals surface area contributed by atoms with Gasteiger partial charge in [-0.25, -0.2) is 0 Å². The van der Waals surface area contributed by atoms with Crippen molar-refractivity contribution in [3.63, 3.8) is 0 Å². The number of aromatic nitrogens is 1. The van der Waals surface area contributed by atoms with Gasteiger partial charge in [-0.05, 0) is 56.5 Å². The van der Waals surface area contributed by atoms with Gasteiger partial charge in [0.25, 0.3) is 11.8 Å². The van der Waals surface area contributed by atoms with Crippen molar-refractivity contribution in [2.24, 2.45) is 0 Å². The van der Waals surface area contributed by atoms with Gasteiger partial charge in [-0.1, -0.05) is 48.5 Å². The van der Waals surface area contributed by atoms with Gasteiger partial charge in [0.15, 0.2) is 0 Å². The van der Waals surface area contributed by atoms with Crippen molar-refractivity contribution in [1.82, 2.24) is 24.6 Å². The predicted molar refractivity (Wildman–Crippen MR) is 191 cm³/mol. The van der Waals surface area contributed by atoms with Gasteiger partial charge in [-0.3, -0.25) is 48.6 Å². The van der Waals surface area contributed by atoms with Crippen LogP contribution in [0.1, 0.15) is 64.4 Å². The second-order valence-corrected chi connectivity index (χ2v) is 12.7. The molecule has 2 aliphatic heterocycles. The van der Waals surface area contributed by atoms with Gasteiger partial charge in [-0.15, -0.1) is 0 Å². The molecule has 0 saturated heterocycles. The molecule has 0 aliphatic carbocycles. The molecular weight excluding hydrogens is 666 g/mol. The maximum atomic E-state index is 14.0. The zero-order chi connectivity index (χ0) is 36.9. The molecule has 0 saturated carbocycles. The Morgan fingerprint density at radius 2 is 1.23 bits per heavy atom. The summed E-state index contributed by atoms with van der Waals surface area (Å²) in [6.45, 7) is 6.55. The van der Waals surface area contributed by atoms with Crippen molar-refractivity contribution in [3.05, 3.63) is 101 Å². The number of carbonyl (C=O) groups is 5. The molecule has 1 aromatic heterocycles. The summed E-state index contributed by atoms with van der Waals surface area (Å²) in [5.41, 5.74) is 3.09. The quantitative estimate of drug-likeness (QED) is 0.138. The minimum Gasteiger partial charge on any atom is -0.465 e. The van der Waals surface area contributed by atoms with Crippen LogP contribution in [0.15, 0.2) is 72.8 Å². The van der Waals surface area contributed by atoms with E-state index in [0.717, 1.165) is 17.0 Å². The topological polar surface area (TPSA) is 139 Å². The Balaban J connectivity index is 1.40. The van der Waals surface area contributed by atoms with Gasteiger partial charge in [0.2, 0.25) is 0 Å². The van der Waals surface area contributed by atoms with E-state index >= 15 is 0 Å². The van der Waals surface area contributed by atoms with Crippen LogP contribution in [0.5, 0.6) is 0 Å². The van der Waals surface area contributed by atoms with Crippen molar-refractivity contribution < 1.29 is 38.2 Å². The smallest absolute Gasteiger partial charge is 0.323 e. The van der Waals surface area contributed by atoms with E-state index in [4.69, 9.17) is 19.2 Å². The molecule has 0 spiro atoms. The maximum Gasteiger partial charge on any atom is 0.323 e. The van der Waals surface area contributed by atoms with Crippen LogP contribution < -0.4 is 0 Å². The third-order valence-corrected chi connectivity index (χ3v) is 9.03. The van der Waals surface area contributed by atoms with Crippen LogP contribution in [0, 0.1) is 0 Å². The Kier molecular flexibility index (Phi) is 14.0. The molecule has 2 amide bonds. The maximum absolute atomic E-state index is 14.0. The standard InChI is InChI=1S/C39H47N5O8/c1-3-50-35(45)26-41-20-22-43(23-21-42(27-36(46)51-4-2)25-31-15-10-14-30(24-41)40-31)34(39(49)52-28-29-12-6-5-7-13-29)18-11-19-44-37(47)32-16-8-9-17-33(32)38(44)48/h5-10,12-17,34H,3-4,11,18-28H2,1-2H3. The second kappa shape index (κ2) is 19.0. The Bertz CT molecular complexity index is 1620. The summed E-state index contributed by atoms with van der Waals surface area (Å²) in [6.07, 6.45) is 0.637. The van der Waals surface area contributed by atoms with E-state index in [1.165, 1.54) is 4.90 Å². The summed E-state index contributed by atoms with van der Waals surface area (Å²) >= 11 is 0. The molecule has 13 heteroatoms. The van der Waals surface area contributed by atoms with E-state index in [-0.39, 0.29) is 69.6 Å². The highest BCUT2D eigenvalue weighted by Crippen LogP contribution is 2.24. The molecular formula is C39H47N5O8. The average molecular weight is 714 g/mol. The lowest BCUT2D eigenvalue weighted by atomic mass is 10.1. The fraction of sp³-hybridized carbons (Fsp3) is 0.436. The molecule has 13 nitrogen and oxygen atoms in total. The van der Waals surface area contributed by atoms with Gasteiger partial charge in [-0.2, -0.15) is 0 Å². The number of hydrogen-bond donors (Lipinski definition) is 0. The molecule has 2 bridgehead atoms. The molecule has 0 N–H and O–H groups in total. The van der Waals surface area contributed by atoms with Crippen LogP contribution in [-0.4, -0.2) is 119 Å². The highest BCUT2D eigenvalue weighted by atomic mass is 16.5. The summed E-state index contributed by atoms with van der Waals surface area (Å²) in [4.78, 5) is 77.6. The van der Waals surface area contributed by atoms with Crippen molar-refractivity contribution in [1.29, 1.82) is 0 Å². The van der Waals surface area contributed by atoms with Crippen LogP contribution in [-0.2, 0) is 48.3 Å². The largest absolute Gasteiger partial charge is 0.465 e. The number of hydrogen-bond acceptors (Lipinski definition) is 12. The first-order valence-electron chi connectivity index (χ1n) is 17.9. The first-order chi connectivity index (χ1) is 25.2. The number of ether oxygens (including phenoxy) is 3. The fourth-order valence-corrected chi connectivity index (χ4v) is 6.49. The average Bonchev–Trinajstić information content (AvgIpc) is 3.37. The summed E-state index contributed by atoms with van der Waals surface area (Å²) < 4.78 is 16.4. The highest BCUT2D eigenvalue weighted by Gasteiger charge is 2.36. The molecule has 1 unspecified atom stereocenters. The Morgan fingerprint density at radius 1 is 0.692 bits per heavy atom. The lowest BCUT2D eigenvalue weighted by molar-refractivity contribution is -0.153. The third kappa shape index (κ3) is 10.5. The first kappa shape index (κ1) is 38.3. The minimum absolute atomic E-state index is 0.0332. The summed E-state index contributed by atoms with van der Waals surface area (Å²) in [7, 11) is 0. The number of amides is 2. The number of fused-ring (bicyclic) bond motifs is 3. The summed E-state index contributed by atoms with van der Waals surface area (Å²) in [5, 5.41) is 0. The molecule has 0 fully saturated rings. The SMILES string of the molecule is CCOC(=O)CN1CCN(C(CCCN2C(=O)c3ccccc3C2=O)C(=O)OCc2ccccc2)CCN(CC(=O)OCC)Cc2cccc(n2)C1. The highest BCUT2D eigenvalue weighted by molar-refractivity contribution is 6.21. The van der Waals surface area contributed by atoms with Gasteiger partial charge in [0, 0.05) is 45.8 Å². The Morgan fingerprint density at radius 3 is 1.77 bits per heavy atom. The van der Waals surface area contributed by atoms with Gasteiger partial charge >= 0.3 is 17.9 Å². The molecule has 0 radical (unpaired) electrons. The van der Waals surface area contributed by atoms with E-state index in [2.05, 4.69) is 0 Å². The van der Waals surface area contributed by atoms with Crippen molar-refractivity contribution in [3.8, 4) is 0 Å². The Hall–Kier alpha value is -4.98. The van der Waals surface area contributed by atoms with Crippen LogP contribution in [0.3, 0.4) is 0 Å². The van der Waals surface area contributed by atoms with Gasteiger partial charge < -0.3 is 14.2 Å². The first-order valence-corrected chi connectivity index (χ1v) is 17.9. The number of rotatable bonds is 14. The fourth-order valence-electron chi connectivity index (χ4n) is 6.49. The Labute approximate surface area is 304 Å². The van der Waals surface area contributed by atoms with E-state index < -0.39 is 12.0 Å². The summed E-state index contributed by atoms with van der Waals surface area (Å²) in [5.74, 6) is -1.87. The summed E-state index contributed by atoms with van der Waals surface area (Å²) in [6, 6.07) is 21.1. The van der Waals surface area contributed by atoms with E-state index in [9.17, 15) is 24.0 Å². The van der Waals surface area contributed by atoms with Crippen molar-refractivity contribution >= 4 is 29.7 Å². The number of benzene rings is 2. The molecule has 2 aliphatic rings. The van der Waals surface area contributed by atoms with Crippen LogP contribution >= 0.6 is 0 Å². The van der Waals surface area contributed by atoms with Crippen LogP contribution in [0.4, 0.5) is 0 Å². The van der Waals surface area contributed by atoms with Crippen LogP contribution in [0.2, 0.25) is 0 Å². The van der Waals surface area contributed by atoms with Gasteiger partial charge in [0.05, 0.1) is 48.8 Å². The lowest BCUT2D eigenvalue weighted by Gasteiger charge is -2.34. The normalized spacial score (nSPS) is 16.4. The number of nitrogens with zero attached hydrogens (tertiary/aromatic N) is 5. The minimum atomic E-state index is -0.758. The second-order valence-electron chi connectivity index (χ2n) is 12.7. The molecule has 3 aromatic rings. The van der Waals surface area contributed by atoms with E-state index in [1.807, 2.05) is 63.2 Å². The molecule has 5 rings (SSSR count).